The van der Waals surface area contributed by atoms with Gasteiger partial charge in [-0.25, -0.2) is 4.79 Å². The molecule has 2 aromatic carbocycles. The summed E-state index contributed by atoms with van der Waals surface area (Å²) < 4.78 is 10.3. The molecule has 1 N–H and O–H groups in total. The van der Waals surface area contributed by atoms with Crippen LogP contribution in [0.2, 0.25) is 5.02 Å². The third-order valence-corrected chi connectivity index (χ3v) is 4.24. The fraction of sp³-hybridized carbons (Fsp3) is 0.263. The van der Waals surface area contributed by atoms with Crippen LogP contribution in [0.5, 0.6) is 5.75 Å². The number of carbonyl (C=O) groups is 2. The Hall–Kier alpha value is -2.53. The van der Waals surface area contributed by atoms with E-state index >= 15 is 0 Å². The van der Waals surface area contributed by atoms with Crippen LogP contribution in [0.15, 0.2) is 30.3 Å². The highest BCUT2D eigenvalue weighted by Gasteiger charge is 2.14. The Morgan fingerprint density at radius 3 is 2.40 bits per heavy atom. The first-order valence-corrected chi connectivity index (χ1v) is 8.08. The zero-order valence-corrected chi connectivity index (χ0v) is 15.4. The molecule has 0 aliphatic rings. The number of ether oxygens (including phenoxy) is 2. The molecular weight excluding hydrogens is 342 g/mol. The number of aryl methyl sites for hydroxylation is 3. The highest BCUT2D eigenvalue weighted by molar-refractivity contribution is 6.31. The highest BCUT2D eigenvalue weighted by Crippen LogP contribution is 2.30. The van der Waals surface area contributed by atoms with Gasteiger partial charge >= 0.3 is 5.97 Å². The summed E-state index contributed by atoms with van der Waals surface area (Å²) in [5.41, 5.74) is 3.75. The van der Waals surface area contributed by atoms with Crippen molar-refractivity contribution in [2.45, 2.75) is 20.8 Å². The first-order chi connectivity index (χ1) is 11.8. The topological polar surface area (TPSA) is 64.6 Å². The van der Waals surface area contributed by atoms with Crippen molar-refractivity contribution >= 4 is 29.2 Å². The molecule has 2 aromatic rings. The summed E-state index contributed by atoms with van der Waals surface area (Å²) in [6.45, 7) is 5.29. The number of nitrogens with one attached hydrogen (secondary N) is 1. The molecule has 0 bridgehead atoms. The normalized spacial score (nSPS) is 10.3. The Bertz CT molecular complexity index is 817. The molecule has 0 saturated carbocycles. The average Bonchev–Trinajstić information content (AvgIpc) is 2.58. The van der Waals surface area contributed by atoms with Gasteiger partial charge in [-0.15, -0.1) is 0 Å². The Labute approximate surface area is 151 Å². The molecule has 0 spiro atoms. The number of rotatable bonds is 5. The minimum atomic E-state index is -0.544. The van der Waals surface area contributed by atoms with E-state index in [2.05, 4.69) is 5.32 Å². The predicted octanol–water partition coefficient (Wildman–Crippen LogP) is 4.07. The van der Waals surface area contributed by atoms with Crippen molar-refractivity contribution in [3.8, 4) is 5.75 Å². The molecule has 0 saturated heterocycles. The number of amides is 1. The van der Waals surface area contributed by atoms with E-state index in [-0.39, 0.29) is 0 Å². The van der Waals surface area contributed by atoms with Crippen LogP contribution < -0.4 is 10.1 Å². The summed E-state index contributed by atoms with van der Waals surface area (Å²) in [4.78, 5) is 24.1. The lowest BCUT2D eigenvalue weighted by Gasteiger charge is -2.12. The van der Waals surface area contributed by atoms with Gasteiger partial charge in [-0.1, -0.05) is 17.7 Å². The van der Waals surface area contributed by atoms with Gasteiger partial charge in [0.25, 0.3) is 5.91 Å². The van der Waals surface area contributed by atoms with Crippen molar-refractivity contribution in [2.24, 2.45) is 0 Å². The van der Waals surface area contributed by atoms with E-state index in [1.807, 2.05) is 26.8 Å². The summed E-state index contributed by atoms with van der Waals surface area (Å²) in [6.07, 6.45) is 0. The molecule has 25 heavy (non-hydrogen) atoms. The lowest BCUT2D eigenvalue weighted by molar-refractivity contribution is -0.119. The van der Waals surface area contributed by atoms with Crippen LogP contribution >= 0.6 is 11.6 Å². The molecule has 6 heteroatoms. The fourth-order valence-electron chi connectivity index (χ4n) is 2.20. The van der Waals surface area contributed by atoms with E-state index in [1.54, 1.807) is 24.3 Å². The van der Waals surface area contributed by atoms with Crippen molar-refractivity contribution in [1.29, 1.82) is 0 Å². The molecule has 2 rings (SSSR count). The Morgan fingerprint density at radius 1 is 1.04 bits per heavy atom. The van der Waals surface area contributed by atoms with Crippen LogP contribution in [0.3, 0.4) is 0 Å². The van der Waals surface area contributed by atoms with E-state index < -0.39 is 18.5 Å². The number of methoxy groups -OCH3 is 1. The van der Waals surface area contributed by atoms with Gasteiger partial charge in [0.2, 0.25) is 0 Å². The quantitative estimate of drug-likeness (QED) is 0.815. The second kappa shape index (κ2) is 8.03. The summed E-state index contributed by atoms with van der Waals surface area (Å²) in [7, 11) is 1.48. The molecular formula is C19H20ClNO4. The van der Waals surface area contributed by atoms with Crippen molar-refractivity contribution < 1.29 is 19.1 Å². The second-order valence-electron chi connectivity index (χ2n) is 5.73. The van der Waals surface area contributed by atoms with E-state index in [0.29, 0.717) is 22.0 Å². The molecule has 0 atom stereocenters. The largest absolute Gasteiger partial charge is 0.495 e. The van der Waals surface area contributed by atoms with Gasteiger partial charge in [0.15, 0.2) is 6.61 Å². The van der Waals surface area contributed by atoms with Gasteiger partial charge in [0.05, 0.1) is 18.4 Å². The second-order valence-corrected chi connectivity index (χ2v) is 6.13. The van der Waals surface area contributed by atoms with Crippen LogP contribution in [0.25, 0.3) is 0 Å². The lowest BCUT2D eigenvalue weighted by atomic mass is 10.1. The third kappa shape index (κ3) is 4.73. The molecule has 0 aliphatic carbocycles. The number of carbonyl (C=O) groups excluding carboxylic acids is 2. The summed E-state index contributed by atoms with van der Waals surface area (Å²) in [5.74, 6) is -0.570. The van der Waals surface area contributed by atoms with Crippen LogP contribution in [0.1, 0.15) is 27.0 Å². The minimum Gasteiger partial charge on any atom is -0.495 e. The number of halogens is 1. The van der Waals surface area contributed by atoms with Gasteiger partial charge in [0, 0.05) is 11.1 Å². The maximum atomic E-state index is 12.1. The van der Waals surface area contributed by atoms with Crippen molar-refractivity contribution in [3.05, 3.63) is 57.6 Å². The first kappa shape index (κ1) is 18.8. The van der Waals surface area contributed by atoms with Gasteiger partial charge in [-0.2, -0.15) is 0 Å². The predicted molar refractivity (Wildman–Crippen MR) is 97.6 cm³/mol. The molecule has 5 nitrogen and oxygen atoms in total. The van der Waals surface area contributed by atoms with Gasteiger partial charge in [-0.3, -0.25) is 4.79 Å². The zero-order chi connectivity index (χ0) is 18.6. The summed E-state index contributed by atoms with van der Waals surface area (Å²) >= 11 is 6.03. The summed E-state index contributed by atoms with van der Waals surface area (Å²) in [6, 6.07) is 8.57. The molecule has 0 heterocycles. The molecule has 0 radical (unpaired) electrons. The standard InChI is InChI=1S/C19H20ClNO4/c1-11-5-6-14(7-12(11)2)19(23)25-10-18(22)21-16-8-13(3)15(20)9-17(16)24-4/h5-9H,10H2,1-4H3,(H,21,22). The van der Waals surface area contributed by atoms with Crippen LogP contribution in [-0.4, -0.2) is 25.6 Å². The number of hydrogen-bond acceptors (Lipinski definition) is 4. The van der Waals surface area contributed by atoms with Crippen molar-refractivity contribution in [1.82, 2.24) is 0 Å². The molecule has 0 aromatic heterocycles. The number of esters is 1. The number of anilines is 1. The van der Waals surface area contributed by atoms with Crippen LogP contribution in [0, 0.1) is 20.8 Å². The minimum absolute atomic E-state index is 0.392. The van der Waals surface area contributed by atoms with Crippen LogP contribution in [0.4, 0.5) is 5.69 Å². The zero-order valence-electron chi connectivity index (χ0n) is 14.6. The fourth-order valence-corrected chi connectivity index (χ4v) is 2.35. The van der Waals surface area contributed by atoms with Crippen molar-refractivity contribution in [3.63, 3.8) is 0 Å². The van der Waals surface area contributed by atoms with E-state index in [9.17, 15) is 9.59 Å². The number of hydrogen-bond donors (Lipinski definition) is 1. The smallest absolute Gasteiger partial charge is 0.338 e. The highest BCUT2D eigenvalue weighted by atomic mass is 35.5. The van der Waals surface area contributed by atoms with E-state index in [1.165, 1.54) is 7.11 Å². The maximum absolute atomic E-state index is 12.1. The lowest BCUT2D eigenvalue weighted by Crippen LogP contribution is -2.21. The Kier molecular flexibility index (Phi) is 6.04. The third-order valence-electron chi connectivity index (χ3n) is 3.83. The average molecular weight is 362 g/mol. The van der Waals surface area contributed by atoms with Gasteiger partial charge in [0.1, 0.15) is 5.75 Å². The SMILES string of the molecule is COc1cc(Cl)c(C)cc1NC(=O)COC(=O)c1ccc(C)c(C)c1. The van der Waals surface area contributed by atoms with Gasteiger partial charge in [-0.05, 0) is 55.7 Å². The monoisotopic (exact) mass is 361 g/mol. The molecule has 0 aliphatic heterocycles. The molecule has 1 amide bonds. The molecule has 0 unspecified atom stereocenters. The molecule has 132 valence electrons. The molecule has 0 fully saturated rings. The number of benzene rings is 2. The Balaban J connectivity index is 2.00. The Morgan fingerprint density at radius 2 is 1.76 bits per heavy atom. The van der Waals surface area contributed by atoms with E-state index in [0.717, 1.165) is 16.7 Å². The van der Waals surface area contributed by atoms with Crippen molar-refractivity contribution in [2.75, 3.05) is 19.0 Å². The maximum Gasteiger partial charge on any atom is 0.338 e. The summed E-state index contributed by atoms with van der Waals surface area (Å²) in [5, 5.41) is 3.20. The first-order valence-electron chi connectivity index (χ1n) is 7.70. The van der Waals surface area contributed by atoms with Gasteiger partial charge < -0.3 is 14.8 Å². The van der Waals surface area contributed by atoms with E-state index in [4.69, 9.17) is 21.1 Å². The van der Waals surface area contributed by atoms with Crippen LogP contribution in [-0.2, 0) is 9.53 Å².